The molecule has 6 heteroatoms. The van der Waals surface area contributed by atoms with Gasteiger partial charge in [0, 0.05) is 54.3 Å². The highest BCUT2D eigenvalue weighted by Gasteiger charge is 2.30. The van der Waals surface area contributed by atoms with Gasteiger partial charge < -0.3 is 20.5 Å². The van der Waals surface area contributed by atoms with Crippen molar-refractivity contribution in [3.05, 3.63) is 82.6 Å². The van der Waals surface area contributed by atoms with E-state index in [0.717, 1.165) is 22.4 Å². The largest absolute Gasteiger partial charge is 0.478 e. The van der Waals surface area contributed by atoms with E-state index in [9.17, 15) is 9.90 Å². The summed E-state index contributed by atoms with van der Waals surface area (Å²) in [5.41, 5.74) is 10.9. The molecule has 0 spiro atoms. The van der Waals surface area contributed by atoms with Crippen molar-refractivity contribution in [1.82, 2.24) is 4.90 Å². The molecule has 1 aliphatic heterocycles. The molecule has 1 aliphatic carbocycles. The van der Waals surface area contributed by atoms with E-state index in [2.05, 4.69) is 11.0 Å². The second-order valence-electron chi connectivity index (χ2n) is 7.92. The number of fused-ring (bicyclic) bond motifs is 2. The lowest BCUT2D eigenvalue weighted by atomic mass is 9.84. The number of aromatic carboxylic acids is 1. The molecular formula is C24H25N3O3. The van der Waals surface area contributed by atoms with Crippen LogP contribution in [0.15, 0.2) is 66.0 Å². The van der Waals surface area contributed by atoms with Crippen LogP contribution >= 0.6 is 0 Å². The van der Waals surface area contributed by atoms with Crippen molar-refractivity contribution in [2.75, 3.05) is 38.8 Å². The third-order valence-corrected chi connectivity index (χ3v) is 5.43. The molecule has 0 aromatic heterocycles. The fourth-order valence-corrected chi connectivity index (χ4v) is 3.78. The SMILES string of the molecule is CN(C)c1ccc2c(c1)OC1=CC(N(C)C)C=CC1=C2c1cc(N)ccc1C(=O)O. The van der Waals surface area contributed by atoms with Gasteiger partial charge >= 0.3 is 5.97 Å². The first kappa shape index (κ1) is 19.8. The monoisotopic (exact) mass is 403 g/mol. The van der Waals surface area contributed by atoms with Crippen molar-refractivity contribution in [1.29, 1.82) is 0 Å². The third-order valence-electron chi connectivity index (χ3n) is 5.43. The lowest BCUT2D eigenvalue weighted by Crippen LogP contribution is -2.27. The number of benzene rings is 2. The summed E-state index contributed by atoms with van der Waals surface area (Å²) in [5.74, 6) is 0.415. The Morgan fingerprint density at radius 1 is 1.07 bits per heavy atom. The summed E-state index contributed by atoms with van der Waals surface area (Å²) in [6.07, 6.45) is 6.13. The lowest BCUT2D eigenvalue weighted by Gasteiger charge is -2.31. The molecule has 0 saturated heterocycles. The molecular weight excluding hydrogens is 378 g/mol. The molecule has 1 unspecified atom stereocenters. The predicted octanol–water partition coefficient (Wildman–Crippen LogP) is 3.61. The normalized spacial score (nSPS) is 17.2. The number of carboxylic acids is 1. The number of anilines is 2. The maximum Gasteiger partial charge on any atom is 0.336 e. The van der Waals surface area contributed by atoms with Crippen LogP contribution < -0.4 is 15.4 Å². The molecule has 1 atom stereocenters. The number of nitrogens with two attached hydrogens (primary N) is 1. The number of nitrogens with zero attached hydrogens (tertiary/aromatic N) is 2. The smallest absolute Gasteiger partial charge is 0.336 e. The highest BCUT2D eigenvalue weighted by Crippen LogP contribution is 2.45. The van der Waals surface area contributed by atoms with Crippen LogP contribution in [0.4, 0.5) is 11.4 Å². The van der Waals surface area contributed by atoms with Crippen LogP contribution in [0.2, 0.25) is 0 Å². The standard InChI is InChI=1S/C24H25N3O3/c1-26(2)15-6-9-18-21(12-15)30-22-13-16(27(3)4)7-10-19(22)23(18)20-11-14(25)5-8-17(20)24(28)29/h5-13,15H,25H2,1-4H3,(H,28,29). The van der Waals surface area contributed by atoms with E-state index in [0.29, 0.717) is 22.8 Å². The van der Waals surface area contributed by atoms with Crippen LogP contribution in [-0.2, 0) is 0 Å². The fraction of sp³-hybridized carbons (Fsp3) is 0.208. The van der Waals surface area contributed by atoms with E-state index in [4.69, 9.17) is 10.5 Å². The van der Waals surface area contributed by atoms with E-state index in [1.807, 2.05) is 63.4 Å². The summed E-state index contributed by atoms with van der Waals surface area (Å²) >= 11 is 0. The van der Waals surface area contributed by atoms with Gasteiger partial charge in [-0.15, -0.1) is 0 Å². The molecule has 0 amide bonds. The Balaban J connectivity index is 2.02. The molecule has 0 bridgehead atoms. The van der Waals surface area contributed by atoms with Gasteiger partial charge in [0.05, 0.1) is 5.56 Å². The Labute approximate surface area is 176 Å². The molecule has 0 saturated carbocycles. The van der Waals surface area contributed by atoms with Crippen molar-refractivity contribution < 1.29 is 14.6 Å². The molecule has 1 heterocycles. The van der Waals surface area contributed by atoms with Gasteiger partial charge in [-0.25, -0.2) is 4.79 Å². The minimum Gasteiger partial charge on any atom is -0.478 e. The average Bonchev–Trinajstić information content (AvgIpc) is 2.70. The van der Waals surface area contributed by atoms with Gasteiger partial charge in [-0.05, 0) is 56.1 Å². The first-order chi connectivity index (χ1) is 14.3. The summed E-state index contributed by atoms with van der Waals surface area (Å²) in [6.45, 7) is 0. The van der Waals surface area contributed by atoms with Crippen LogP contribution in [0.1, 0.15) is 21.5 Å². The molecule has 4 rings (SSSR count). The van der Waals surface area contributed by atoms with Crippen molar-refractivity contribution in [3.63, 3.8) is 0 Å². The zero-order valence-electron chi connectivity index (χ0n) is 17.5. The van der Waals surface area contributed by atoms with Crippen molar-refractivity contribution in [3.8, 4) is 5.75 Å². The van der Waals surface area contributed by atoms with Crippen LogP contribution in [0.5, 0.6) is 5.75 Å². The van der Waals surface area contributed by atoms with Gasteiger partial charge in [-0.3, -0.25) is 4.90 Å². The average molecular weight is 403 g/mol. The maximum atomic E-state index is 12.0. The molecule has 154 valence electrons. The summed E-state index contributed by atoms with van der Waals surface area (Å²) in [5, 5.41) is 9.82. The quantitative estimate of drug-likeness (QED) is 0.760. The van der Waals surface area contributed by atoms with Gasteiger partial charge in [-0.2, -0.15) is 0 Å². The number of nitrogen functional groups attached to an aromatic ring is 1. The number of hydrogen-bond acceptors (Lipinski definition) is 5. The van der Waals surface area contributed by atoms with E-state index in [1.165, 1.54) is 0 Å². The topological polar surface area (TPSA) is 79.0 Å². The molecule has 6 nitrogen and oxygen atoms in total. The Morgan fingerprint density at radius 3 is 2.50 bits per heavy atom. The first-order valence-corrected chi connectivity index (χ1v) is 9.70. The minimum absolute atomic E-state index is 0.0865. The van der Waals surface area contributed by atoms with Crippen LogP contribution in [0.3, 0.4) is 0 Å². The molecule has 2 aromatic carbocycles. The lowest BCUT2D eigenvalue weighted by molar-refractivity contribution is 0.0696. The molecule has 2 aromatic rings. The number of rotatable bonds is 4. The molecule has 30 heavy (non-hydrogen) atoms. The predicted molar refractivity (Wildman–Crippen MR) is 120 cm³/mol. The first-order valence-electron chi connectivity index (χ1n) is 9.70. The maximum absolute atomic E-state index is 12.0. The number of likely N-dealkylation sites (N-methyl/N-ethyl adjacent to an activating group) is 1. The Kier molecular flexibility index (Phi) is 4.87. The number of carboxylic acid groups (broad SMARTS) is 1. The minimum atomic E-state index is -0.993. The summed E-state index contributed by atoms with van der Waals surface area (Å²) in [4.78, 5) is 16.1. The number of ether oxygens (including phenoxy) is 1. The summed E-state index contributed by atoms with van der Waals surface area (Å²) in [7, 11) is 7.95. The Morgan fingerprint density at radius 2 is 1.83 bits per heavy atom. The molecule has 0 radical (unpaired) electrons. The van der Waals surface area contributed by atoms with Gasteiger partial charge in [0.2, 0.25) is 0 Å². The third kappa shape index (κ3) is 3.35. The van der Waals surface area contributed by atoms with Crippen molar-refractivity contribution >= 4 is 22.9 Å². The highest BCUT2D eigenvalue weighted by molar-refractivity contribution is 6.01. The second kappa shape index (κ2) is 7.39. The van der Waals surface area contributed by atoms with E-state index in [-0.39, 0.29) is 11.6 Å². The van der Waals surface area contributed by atoms with Crippen molar-refractivity contribution in [2.45, 2.75) is 6.04 Å². The number of hydrogen-bond donors (Lipinski definition) is 2. The summed E-state index contributed by atoms with van der Waals surface area (Å²) < 4.78 is 6.31. The van der Waals surface area contributed by atoms with Crippen LogP contribution in [0, 0.1) is 0 Å². The Bertz CT molecular complexity index is 1130. The number of carbonyl (C=O) groups is 1. The van der Waals surface area contributed by atoms with Gasteiger partial charge in [0.1, 0.15) is 11.5 Å². The van der Waals surface area contributed by atoms with E-state index >= 15 is 0 Å². The van der Waals surface area contributed by atoms with Gasteiger partial charge in [-0.1, -0.05) is 12.2 Å². The van der Waals surface area contributed by atoms with Gasteiger partial charge in [0.25, 0.3) is 0 Å². The van der Waals surface area contributed by atoms with E-state index in [1.54, 1.807) is 18.2 Å². The van der Waals surface area contributed by atoms with Gasteiger partial charge in [0.15, 0.2) is 0 Å². The highest BCUT2D eigenvalue weighted by atomic mass is 16.5. The van der Waals surface area contributed by atoms with Crippen LogP contribution in [0.25, 0.3) is 5.57 Å². The van der Waals surface area contributed by atoms with Crippen molar-refractivity contribution in [2.24, 2.45) is 0 Å². The molecule has 3 N–H and O–H groups in total. The van der Waals surface area contributed by atoms with E-state index < -0.39 is 5.97 Å². The number of allylic oxidation sites excluding steroid dienone is 1. The Hall–Kier alpha value is -3.51. The fourth-order valence-electron chi connectivity index (χ4n) is 3.78. The second-order valence-corrected chi connectivity index (χ2v) is 7.92. The molecule has 2 aliphatic rings. The zero-order valence-corrected chi connectivity index (χ0v) is 17.5. The van der Waals surface area contributed by atoms with Crippen LogP contribution in [-0.4, -0.2) is 50.2 Å². The summed E-state index contributed by atoms with van der Waals surface area (Å²) in [6, 6.07) is 10.9. The zero-order chi connectivity index (χ0) is 21.6. The molecule has 0 fully saturated rings.